The number of hydrogen-bond acceptors (Lipinski definition) is 5. The second kappa shape index (κ2) is 12.6. The zero-order chi connectivity index (χ0) is 25.4. The maximum absolute atomic E-state index is 12.6. The number of rotatable bonds is 7. The molecular formula is C26H34ClN3O4. The number of likely N-dealkylation sites (tertiary alicyclic amines) is 1. The molecule has 0 radical (unpaired) electrons. The minimum Gasteiger partial charge on any atom is -0.391 e. The SMILES string of the molecule is C#Cc1ccc(C(C)NC=O)c(Cl)c1.CC(C)c1cc(C(C(=O)N2CCC(O)C2)C(C)C)on1. The quantitative estimate of drug-likeness (QED) is 0.449. The van der Waals surface area contributed by atoms with Crippen molar-refractivity contribution in [2.45, 2.75) is 65.0 Å². The van der Waals surface area contributed by atoms with E-state index < -0.39 is 6.10 Å². The Balaban J connectivity index is 0.000000257. The standard InChI is InChI=1S/C15H24N2O3.C11H10ClNO/c1-9(2)12-7-13(20-16-12)14(10(3)4)15(19)17-6-5-11(18)8-17;1-3-9-4-5-10(11(12)6-9)8(2)13-7-14/h7,9-11,14,18H,5-6,8H2,1-4H3;1,4-8H,2H3,(H,13,14). The highest BCUT2D eigenvalue weighted by molar-refractivity contribution is 6.31. The van der Waals surface area contributed by atoms with Gasteiger partial charge in [-0.05, 0) is 42.9 Å². The van der Waals surface area contributed by atoms with Crippen LogP contribution in [0.4, 0.5) is 0 Å². The van der Waals surface area contributed by atoms with Crippen molar-refractivity contribution in [2.24, 2.45) is 5.92 Å². The predicted molar refractivity (Wildman–Crippen MR) is 132 cm³/mol. The van der Waals surface area contributed by atoms with Crippen LogP contribution in [0.15, 0.2) is 28.8 Å². The second-order valence-electron chi connectivity index (χ2n) is 9.14. The lowest BCUT2D eigenvalue weighted by atomic mass is 9.91. The number of benzene rings is 1. The molecule has 0 bridgehead atoms. The number of β-amino-alcohol motifs (C(OH)–C–C–N with tert-alkyl or cyclic N) is 1. The summed E-state index contributed by atoms with van der Waals surface area (Å²) in [7, 11) is 0. The third-order valence-electron chi connectivity index (χ3n) is 5.80. The first-order chi connectivity index (χ1) is 16.1. The number of amides is 2. The molecule has 2 amide bonds. The van der Waals surface area contributed by atoms with Gasteiger partial charge >= 0.3 is 0 Å². The summed E-state index contributed by atoms with van der Waals surface area (Å²) in [5.74, 6) is 3.25. The van der Waals surface area contributed by atoms with Crippen LogP contribution in [0.1, 0.15) is 81.5 Å². The van der Waals surface area contributed by atoms with E-state index in [0.29, 0.717) is 36.7 Å². The van der Waals surface area contributed by atoms with Gasteiger partial charge in [-0.2, -0.15) is 0 Å². The molecule has 0 saturated carbocycles. The van der Waals surface area contributed by atoms with E-state index in [1.165, 1.54) is 0 Å². The first-order valence-electron chi connectivity index (χ1n) is 11.5. The van der Waals surface area contributed by atoms with Crippen LogP contribution in [0.25, 0.3) is 0 Å². The van der Waals surface area contributed by atoms with Gasteiger partial charge in [0.2, 0.25) is 12.3 Å². The molecule has 8 heteroatoms. The van der Waals surface area contributed by atoms with Gasteiger partial charge in [0.15, 0.2) is 0 Å². The summed E-state index contributed by atoms with van der Waals surface area (Å²) in [6, 6.07) is 7.11. The number of halogens is 1. The number of carbonyl (C=O) groups is 2. The van der Waals surface area contributed by atoms with Gasteiger partial charge in [0.25, 0.3) is 0 Å². The monoisotopic (exact) mass is 487 g/mol. The predicted octanol–water partition coefficient (Wildman–Crippen LogP) is 4.26. The van der Waals surface area contributed by atoms with Crippen LogP contribution in [-0.4, -0.2) is 46.7 Å². The highest BCUT2D eigenvalue weighted by Crippen LogP contribution is 2.30. The van der Waals surface area contributed by atoms with Crippen molar-refractivity contribution < 1.29 is 19.2 Å². The first kappa shape index (κ1) is 27.4. The summed E-state index contributed by atoms with van der Waals surface area (Å²) >= 11 is 5.99. The fraction of sp³-hybridized carbons (Fsp3) is 0.500. The minimum absolute atomic E-state index is 0.0306. The lowest BCUT2D eigenvalue weighted by Crippen LogP contribution is -2.35. The molecular weight excluding hydrogens is 454 g/mol. The third-order valence-corrected chi connectivity index (χ3v) is 6.13. The number of hydrogen-bond donors (Lipinski definition) is 2. The van der Waals surface area contributed by atoms with Crippen molar-refractivity contribution in [2.75, 3.05) is 13.1 Å². The molecule has 2 heterocycles. The van der Waals surface area contributed by atoms with Gasteiger partial charge in [-0.1, -0.05) is 56.4 Å². The highest BCUT2D eigenvalue weighted by Gasteiger charge is 2.35. The lowest BCUT2D eigenvalue weighted by Gasteiger charge is -2.23. The summed E-state index contributed by atoms with van der Waals surface area (Å²) in [5, 5.41) is 16.8. The van der Waals surface area contributed by atoms with Crippen molar-refractivity contribution in [3.8, 4) is 12.3 Å². The summed E-state index contributed by atoms with van der Waals surface area (Å²) in [4.78, 5) is 24.6. The molecule has 34 heavy (non-hydrogen) atoms. The molecule has 1 aliphatic rings. The van der Waals surface area contributed by atoms with Crippen LogP contribution >= 0.6 is 11.6 Å². The van der Waals surface area contributed by atoms with Crippen molar-refractivity contribution in [1.29, 1.82) is 0 Å². The molecule has 184 valence electrons. The molecule has 0 spiro atoms. The average Bonchev–Trinajstić information content (AvgIpc) is 3.43. The number of terminal acetylenes is 1. The van der Waals surface area contributed by atoms with Crippen molar-refractivity contribution in [1.82, 2.24) is 15.4 Å². The fourth-order valence-corrected chi connectivity index (χ4v) is 4.10. The molecule has 1 aromatic heterocycles. The number of nitrogens with one attached hydrogen (secondary N) is 1. The normalized spacial score (nSPS) is 17.1. The van der Waals surface area contributed by atoms with Crippen LogP contribution in [-0.2, 0) is 9.59 Å². The number of aliphatic hydroxyl groups excluding tert-OH is 1. The first-order valence-corrected chi connectivity index (χ1v) is 11.9. The molecule has 3 rings (SSSR count). The molecule has 0 aliphatic carbocycles. The Kier molecular flexibility index (Phi) is 10.2. The largest absolute Gasteiger partial charge is 0.391 e. The van der Waals surface area contributed by atoms with Crippen molar-refractivity contribution in [3.63, 3.8) is 0 Å². The van der Waals surface area contributed by atoms with Gasteiger partial charge in [-0.15, -0.1) is 6.42 Å². The topological polar surface area (TPSA) is 95.7 Å². The Bertz CT molecular complexity index is 1010. The van der Waals surface area contributed by atoms with Gasteiger partial charge in [0.1, 0.15) is 11.7 Å². The van der Waals surface area contributed by atoms with Gasteiger partial charge in [-0.3, -0.25) is 9.59 Å². The maximum Gasteiger partial charge on any atom is 0.233 e. The van der Waals surface area contributed by atoms with E-state index in [9.17, 15) is 14.7 Å². The van der Waals surface area contributed by atoms with Crippen molar-refractivity contribution in [3.05, 3.63) is 51.9 Å². The molecule has 2 aromatic rings. The Morgan fingerprint density at radius 2 is 2.03 bits per heavy atom. The minimum atomic E-state index is -0.396. The zero-order valence-corrected chi connectivity index (χ0v) is 21.2. The summed E-state index contributed by atoms with van der Waals surface area (Å²) in [5.41, 5.74) is 2.47. The Hall–Kier alpha value is -2.82. The zero-order valence-electron chi connectivity index (χ0n) is 20.4. The van der Waals surface area contributed by atoms with Gasteiger partial charge in [0.05, 0.1) is 17.8 Å². The summed E-state index contributed by atoms with van der Waals surface area (Å²) in [6.45, 7) is 11.0. The summed E-state index contributed by atoms with van der Waals surface area (Å²) in [6.07, 6.45) is 6.13. The number of nitrogens with zero attached hydrogens (tertiary/aromatic N) is 2. The highest BCUT2D eigenvalue weighted by atomic mass is 35.5. The number of aliphatic hydroxyl groups is 1. The fourth-order valence-electron chi connectivity index (χ4n) is 3.76. The van der Waals surface area contributed by atoms with Crippen molar-refractivity contribution >= 4 is 23.9 Å². The maximum atomic E-state index is 12.6. The van der Waals surface area contributed by atoms with E-state index in [-0.39, 0.29) is 29.7 Å². The molecule has 7 nitrogen and oxygen atoms in total. The molecule has 3 atom stereocenters. The van der Waals surface area contributed by atoms with Crippen LogP contribution in [0.3, 0.4) is 0 Å². The van der Waals surface area contributed by atoms with Crippen LogP contribution in [0.5, 0.6) is 0 Å². The van der Waals surface area contributed by atoms with E-state index >= 15 is 0 Å². The Morgan fingerprint density at radius 1 is 1.32 bits per heavy atom. The Morgan fingerprint density at radius 3 is 2.50 bits per heavy atom. The van der Waals surface area contributed by atoms with E-state index in [4.69, 9.17) is 22.5 Å². The summed E-state index contributed by atoms with van der Waals surface area (Å²) < 4.78 is 5.40. The van der Waals surface area contributed by atoms with Crippen LogP contribution in [0.2, 0.25) is 5.02 Å². The number of carbonyl (C=O) groups excluding carboxylic acids is 2. The average molecular weight is 488 g/mol. The van der Waals surface area contributed by atoms with Gasteiger partial charge < -0.3 is 19.8 Å². The molecule has 2 N–H and O–H groups in total. The molecule has 1 aromatic carbocycles. The lowest BCUT2D eigenvalue weighted by molar-refractivity contribution is -0.133. The van der Waals surface area contributed by atoms with Crippen LogP contribution < -0.4 is 5.32 Å². The third kappa shape index (κ3) is 7.09. The van der Waals surface area contributed by atoms with Crippen LogP contribution in [0, 0.1) is 18.3 Å². The second-order valence-corrected chi connectivity index (χ2v) is 9.55. The number of aromatic nitrogens is 1. The van der Waals surface area contributed by atoms with Gasteiger partial charge in [-0.25, -0.2) is 0 Å². The molecule has 1 fully saturated rings. The molecule has 1 saturated heterocycles. The molecule has 1 aliphatic heterocycles. The van der Waals surface area contributed by atoms with E-state index in [1.807, 2.05) is 46.8 Å². The van der Waals surface area contributed by atoms with E-state index in [2.05, 4.69) is 16.4 Å². The molecule has 3 unspecified atom stereocenters. The van der Waals surface area contributed by atoms with E-state index in [0.717, 1.165) is 16.8 Å². The Labute approximate surface area is 206 Å². The smallest absolute Gasteiger partial charge is 0.233 e. The van der Waals surface area contributed by atoms with E-state index in [1.54, 1.807) is 17.0 Å². The van der Waals surface area contributed by atoms with Gasteiger partial charge in [0, 0.05) is 29.7 Å².